The van der Waals surface area contributed by atoms with E-state index in [0.29, 0.717) is 6.10 Å². The van der Waals surface area contributed by atoms with Gasteiger partial charge in [-0.1, -0.05) is 23.8 Å². The molecule has 0 radical (unpaired) electrons. The Bertz CT molecular complexity index is 187. The smallest absolute Gasteiger partial charge is 0.0813 e. The Morgan fingerprint density at radius 2 is 2.36 bits per heavy atom. The lowest BCUT2D eigenvalue weighted by Crippen LogP contribution is -1.90. The minimum absolute atomic E-state index is 0.599. The second kappa shape index (κ2) is 3.22. The molecule has 1 unspecified atom stereocenters. The van der Waals surface area contributed by atoms with E-state index in [4.69, 9.17) is 4.74 Å². The molecule has 1 aliphatic carbocycles. The monoisotopic (exact) mass is 150 g/mol. The predicted molar refractivity (Wildman–Crippen MR) is 45.4 cm³/mol. The van der Waals surface area contributed by atoms with Crippen LogP contribution < -0.4 is 0 Å². The van der Waals surface area contributed by atoms with E-state index in [2.05, 4.69) is 18.2 Å². The molecule has 0 aromatic heterocycles. The van der Waals surface area contributed by atoms with E-state index in [1.807, 2.05) is 0 Å². The SMILES string of the molecule is C1=CCC(CCC2CO2)=CC1. The first-order chi connectivity index (χ1) is 5.45. The summed E-state index contributed by atoms with van der Waals surface area (Å²) in [7, 11) is 0. The molecule has 0 aromatic rings. The number of allylic oxidation sites excluding steroid dienone is 4. The summed E-state index contributed by atoms with van der Waals surface area (Å²) in [6.45, 7) is 1.00. The summed E-state index contributed by atoms with van der Waals surface area (Å²) >= 11 is 0. The van der Waals surface area contributed by atoms with Crippen molar-refractivity contribution < 1.29 is 4.74 Å². The maximum atomic E-state index is 5.15. The topological polar surface area (TPSA) is 12.5 Å². The molecule has 1 nitrogen and oxygen atoms in total. The molecule has 2 aliphatic rings. The molecule has 0 N–H and O–H groups in total. The minimum Gasteiger partial charge on any atom is -0.373 e. The predicted octanol–water partition coefficient (Wildman–Crippen LogP) is 2.44. The van der Waals surface area contributed by atoms with Gasteiger partial charge in [-0.25, -0.2) is 0 Å². The molecule has 2 rings (SSSR count). The van der Waals surface area contributed by atoms with Crippen LogP contribution in [0.25, 0.3) is 0 Å². The van der Waals surface area contributed by atoms with E-state index in [9.17, 15) is 0 Å². The van der Waals surface area contributed by atoms with Crippen LogP contribution >= 0.6 is 0 Å². The molecule has 0 saturated carbocycles. The van der Waals surface area contributed by atoms with Gasteiger partial charge in [0.1, 0.15) is 0 Å². The maximum absolute atomic E-state index is 5.15. The van der Waals surface area contributed by atoms with E-state index >= 15 is 0 Å². The molecular weight excluding hydrogens is 136 g/mol. The summed E-state index contributed by atoms with van der Waals surface area (Å²) < 4.78 is 5.15. The fourth-order valence-electron chi connectivity index (χ4n) is 1.43. The van der Waals surface area contributed by atoms with E-state index in [-0.39, 0.29) is 0 Å². The molecule has 1 heterocycles. The summed E-state index contributed by atoms with van der Waals surface area (Å²) in [6.07, 6.45) is 12.2. The number of rotatable bonds is 3. The minimum atomic E-state index is 0.599. The molecule has 1 heteroatoms. The van der Waals surface area contributed by atoms with Crippen molar-refractivity contribution in [2.45, 2.75) is 31.8 Å². The average Bonchev–Trinajstić information content (AvgIpc) is 2.86. The zero-order valence-corrected chi connectivity index (χ0v) is 6.75. The molecule has 60 valence electrons. The summed E-state index contributed by atoms with van der Waals surface area (Å²) in [6, 6.07) is 0. The second-order valence-electron chi connectivity index (χ2n) is 3.27. The molecule has 0 spiro atoms. The highest BCUT2D eigenvalue weighted by Gasteiger charge is 2.21. The molecule has 1 saturated heterocycles. The summed E-state index contributed by atoms with van der Waals surface area (Å²) in [5.74, 6) is 0. The van der Waals surface area contributed by atoms with Gasteiger partial charge in [0.2, 0.25) is 0 Å². The number of hydrogen-bond donors (Lipinski definition) is 0. The Morgan fingerprint density at radius 1 is 1.45 bits per heavy atom. The van der Waals surface area contributed by atoms with Crippen molar-refractivity contribution in [1.29, 1.82) is 0 Å². The Balaban J connectivity index is 1.71. The summed E-state index contributed by atoms with van der Waals surface area (Å²) in [5.41, 5.74) is 1.60. The highest BCUT2D eigenvalue weighted by molar-refractivity contribution is 5.14. The van der Waals surface area contributed by atoms with Gasteiger partial charge in [-0.3, -0.25) is 0 Å². The summed E-state index contributed by atoms with van der Waals surface area (Å²) in [5, 5.41) is 0. The van der Waals surface area contributed by atoms with Gasteiger partial charge >= 0.3 is 0 Å². The van der Waals surface area contributed by atoms with Crippen LogP contribution in [0.4, 0.5) is 0 Å². The lowest BCUT2D eigenvalue weighted by Gasteiger charge is -2.06. The average molecular weight is 150 g/mol. The van der Waals surface area contributed by atoms with Crippen LogP contribution in [0.2, 0.25) is 0 Å². The van der Waals surface area contributed by atoms with Crippen LogP contribution in [0.1, 0.15) is 25.7 Å². The fraction of sp³-hybridized carbons (Fsp3) is 0.600. The van der Waals surface area contributed by atoms with Crippen molar-refractivity contribution in [2.24, 2.45) is 0 Å². The Morgan fingerprint density at radius 3 is 3.00 bits per heavy atom. The normalized spacial score (nSPS) is 28.4. The molecule has 11 heavy (non-hydrogen) atoms. The second-order valence-corrected chi connectivity index (χ2v) is 3.27. The molecule has 0 bridgehead atoms. The van der Waals surface area contributed by atoms with Gasteiger partial charge in [-0.15, -0.1) is 0 Å². The fourth-order valence-corrected chi connectivity index (χ4v) is 1.43. The molecule has 1 fully saturated rings. The van der Waals surface area contributed by atoms with Crippen LogP contribution in [0.3, 0.4) is 0 Å². The van der Waals surface area contributed by atoms with Crippen molar-refractivity contribution in [3.63, 3.8) is 0 Å². The molecule has 0 amide bonds. The zero-order chi connectivity index (χ0) is 7.52. The van der Waals surface area contributed by atoms with Crippen molar-refractivity contribution >= 4 is 0 Å². The zero-order valence-electron chi connectivity index (χ0n) is 6.75. The van der Waals surface area contributed by atoms with Gasteiger partial charge in [0.05, 0.1) is 12.7 Å². The van der Waals surface area contributed by atoms with Crippen molar-refractivity contribution in [2.75, 3.05) is 6.61 Å². The summed E-state index contributed by atoms with van der Waals surface area (Å²) in [4.78, 5) is 0. The number of epoxide rings is 1. The third-order valence-corrected chi connectivity index (χ3v) is 2.28. The van der Waals surface area contributed by atoms with E-state index < -0.39 is 0 Å². The molecule has 1 atom stereocenters. The lowest BCUT2D eigenvalue weighted by atomic mass is 10.0. The highest BCUT2D eigenvalue weighted by atomic mass is 16.6. The third kappa shape index (κ3) is 2.19. The van der Waals surface area contributed by atoms with Gasteiger partial charge in [-0.2, -0.15) is 0 Å². The van der Waals surface area contributed by atoms with Crippen LogP contribution in [0.15, 0.2) is 23.8 Å². The van der Waals surface area contributed by atoms with Gasteiger partial charge in [0.25, 0.3) is 0 Å². The van der Waals surface area contributed by atoms with Crippen LogP contribution in [0.5, 0.6) is 0 Å². The van der Waals surface area contributed by atoms with Gasteiger partial charge < -0.3 is 4.74 Å². The first-order valence-corrected chi connectivity index (χ1v) is 4.39. The molecule has 1 aliphatic heterocycles. The van der Waals surface area contributed by atoms with Crippen molar-refractivity contribution in [3.05, 3.63) is 23.8 Å². The first kappa shape index (κ1) is 7.11. The van der Waals surface area contributed by atoms with Gasteiger partial charge in [-0.05, 0) is 25.7 Å². The Kier molecular flexibility index (Phi) is 2.08. The standard InChI is InChI=1S/C10H14O/c1-2-4-9(5-3-1)6-7-10-8-11-10/h1-2,5,10H,3-4,6-8H2. The molecule has 0 aromatic carbocycles. The van der Waals surface area contributed by atoms with Gasteiger partial charge in [0, 0.05) is 0 Å². The van der Waals surface area contributed by atoms with Crippen LogP contribution in [0, 0.1) is 0 Å². The maximum Gasteiger partial charge on any atom is 0.0813 e. The Labute approximate surface area is 67.7 Å². The quantitative estimate of drug-likeness (QED) is 0.444. The Hall–Kier alpha value is -0.560. The largest absolute Gasteiger partial charge is 0.373 e. The molecular formula is C10H14O. The lowest BCUT2D eigenvalue weighted by molar-refractivity contribution is 0.396. The van der Waals surface area contributed by atoms with E-state index in [0.717, 1.165) is 13.0 Å². The van der Waals surface area contributed by atoms with Crippen LogP contribution in [-0.2, 0) is 4.74 Å². The van der Waals surface area contributed by atoms with E-state index in [1.54, 1.807) is 5.57 Å². The highest BCUT2D eigenvalue weighted by Crippen LogP contribution is 2.22. The van der Waals surface area contributed by atoms with Crippen molar-refractivity contribution in [3.8, 4) is 0 Å². The number of hydrogen-bond acceptors (Lipinski definition) is 1. The number of ether oxygens (including phenoxy) is 1. The van der Waals surface area contributed by atoms with Crippen molar-refractivity contribution in [1.82, 2.24) is 0 Å². The first-order valence-electron chi connectivity index (χ1n) is 4.39. The van der Waals surface area contributed by atoms with Gasteiger partial charge in [0.15, 0.2) is 0 Å². The van der Waals surface area contributed by atoms with E-state index in [1.165, 1.54) is 19.3 Å². The van der Waals surface area contributed by atoms with Crippen LogP contribution in [-0.4, -0.2) is 12.7 Å². The third-order valence-electron chi connectivity index (χ3n) is 2.28.